The largest absolute Gasteiger partial charge is 0.233 e. The Bertz CT molecular complexity index is 943. The molecule has 0 aliphatic carbocycles. The summed E-state index contributed by atoms with van der Waals surface area (Å²) >= 11 is 0. The van der Waals surface area contributed by atoms with E-state index >= 15 is 0 Å². The van der Waals surface area contributed by atoms with Gasteiger partial charge in [-0.3, -0.25) is 0 Å². The van der Waals surface area contributed by atoms with Crippen LogP contribution in [0.15, 0.2) is 59.5 Å². The first-order chi connectivity index (χ1) is 10.8. The van der Waals surface area contributed by atoms with E-state index in [0.29, 0.717) is 0 Å². The Morgan fingerprint density at radius 2 is 1.61 bits per heavy atom. The summed E-state index contributed by atoms with van der Waals surface area (Å²) in [6.45, 7) is 1.87. The second kappa shape index (κ2) is 5.62. The van der Waals surface area contributed by atoms with Crippen LogP contribution in [0.5, 0.6) is 0 Å². The first-order valence-electron chi connectivity index (χ1n) is 6.98. The average molecular weight is 330 g/mol. The SMILES string of the molecule is Cc1cc(-c2ccc(F)cc2)n(-c2ccc(S(C)(=O)=O)cc2)n1. The fourth-order valence-corrected chi connectivity index (χ4v) is 2.99. The molecule has 0 radical (unpaired) electrons. The molecule has 1 heterocycles. The minimum atomic E-state index is -3.23. The molecule has 0 saturated heterocycles. The summed E-state index contributed by atoms with van der Waals surface area (Å²) in [7, 11) is -3.23. The van der Waals surface area contributed by atoms with Gasteiger partial charge in [0.1, 0.15) is 5.82 Å². The smallest absolute Gasteiger partial charge is 0.175 e. The number of sulfone groups is 1. The zero-order chi connectivity index (χ0) is 16.6. The zero-order valence-corrected chi connectivity index (χ0v) is 13.5. The molecule has 0 spiro atoms. The maximum Gasteiger partial charge on any atom is 0.175 e. The highest BCUT2D eigenvalue weighted by molar-refractivity contribution is 7.90. The van der Waals surface area contributed by atoms with E-state index in [1.54, 1.807) is 41.1 Å². The summed E-state index contributed by atoms with van der Waals surface area (Å²) in [6, 6.07) is 14.6. The van der Waals surface area contributed by atoms with Crippen molar-refractivity contribution in [3.63, 3.8) is 0 Å². The fourth-order valence-electron chi connectivity index (χ4n) is 2.36. The summed E-state index contributed by atoms with van der Waals surface area (Å²) in [5.74, 6) is -0.297. The Kier molecular flexibility index (Phi) is 3.77. The maximum atomic E-state index is 13.1. The van der Waals surface area contributed by atoms with Crippen LogP contribution >= 0.6 is 0 Å². The van der Waals surface area contributed by atoms with Crippen LogP contribution in [0.2, 0.25) is 0 Å². The van der Waals surface area contributed by atoms with Crippen molar-refractivity contribution in [1.29, 1.82) is 0 Å². The predicted molar refractivity (Wildman–Crippen MR) is 86.8 cm³/mol. The lowest BCUT2D eigenvalue weighted by atomic mass is 10.1. The predicted octanol–water partition coefficient (Wildman–Crippen LogP) is 3.39. The molecule has 23 heavy (non-hydrogen) atoms. The molecule has 0 atom stereocenters. The maximum absolute atomic E-state index is 13.1. The highest BCUT2D eigenvalue weighted by atomic mass is 32.2. The average Bonchev–Trinajstić information content (AvgIpc) is 2.89. The second-order valence-corrected chi connectivity index (χ2v) is 7.37. The summed E-state index contributed by atoms with van der Waals surface area (Å²) < 4.78 is 37.9. The van der Waals surface area contributed by atoms with E-state index in [1.165, 1.54) is 18.4 Å². The molecule has 118 valence electrons. The summed E-state index contributed by atoms with van der Waals surface area (Å²) in [5, 5.41) is 4.45. The van der Waals surface area contributed by atoms with Gasteiger partial charge in [0.15, 0.2) is 9.84 Å². The van der Waals surface area contributed by atoms with Gasteiger partial charge in [-0.25, -0.2) is 17.5 Å². The van der Waals surface area contributed by atoms with E-state index in [1.807, 2.05) is 13.0 Å². The number of aromatic nitrogens is 2. The van der Waals surface area contributed by atoms with Gasteiger partial charge < -0.3 is 0 Å². The number of aryl methyl sites for hydroxylation is 1. The van der Waals surface area contributed by atoms with Gasteiger partial charge in [-0.1, -0.05) is 0 Å². The molecule has 3 aromatic rings. The van der Waals surface area contributed by atoms with Gasteiger partial charge in [-0.05, 0) is 61.5 Å². The topological polar surface area (TPSA) is 52.0 Å². The zero-order valence-electron chi connectivity index (χ0n) is 12.7. The summed E-state index contributed by atoms with van der Waals surface area (Å²) in [6.07, 6.45) is 1.17. The lowest BCUT2D eigenvalue weighted by Crippen LogP contribution is -2.01. The monoisotopic (exact) mass is 330 g/mol. The number of benzene rings is 2. The van der Waals surface area contributed by atoms with E-state index in [9.17, 15) is 12.8 Å². The molecular weight excluding hydrogens is 315 g/mol. The molecule has 0 N–H and O–H groups in total. The van der Waals surface area contributed by atoms with Crippen LogP contribution in [0, 0.1) is 12.7 Å². The third-order valence-electron chi connectivity index (χ3n) is 3.48. The van der Waals surface area contributed by atoms with Crippen LogP contribution in [0.4, 0.5) is 4.39 Å². The van der Waals surface area contributed by atoms with Crippen molar-refractivity contribution in [2.75, 3.05) is 6.26 Å². The standard InChI is InChI=1S/C17H15FN2O2S/c1-12-11-17(13-3-5-14(18)6-4-13)20(19-12)15-7-9-16(10-8-15)23(2,21)22/h3-11H,1-2H3. The molecule has 3 rings (SSSR count). The quantitative estimate of drug-likeness (QED) is 0.740. The van der Waals surface area contributed by atoms with E-state index in [2.05, 4.69) is 5.10 Å². The molecule has 6 heteroatoms. The molecule has 4 nitrogen and oxygen atoms in total. The Labute approximate surface area is 134 Å². The van der Waals surface area contributed by atoms with Gasteiger partial charge in [0, 0.05) is 11.8 Å². The molecule has 0 fully saturated rings. The molecule has 0 saturated carbocycles. The fraction of sp³-hybridized carbons (Fsp3) is 0.118. The third-order valence-corrected chi connectivity index (χ3v) is 4.61. The van der Waals surface area contributed by atoms with Crippen molar-refractivity contribution in [3.05, 3.63) is 66.1 Å². The molecular formula is C17H15FN2O2S. The molecule has 2 aromatic carbocycles. The van der Waals surface area contributed by atoms with Gasteiger partial charge in [-0.15, -0.1) is 0 Å². The van der Waals surface area contributed by atoms with Crippen LogP contribution in [0.25, 0.3) is 16.9 Å². The van der Waals surface area contributed by atoms with E-state index < -0.39 is 9.84 Å². The van der Waals surface area contributed by atoms with Crippen molar-refractivity contribution in [3.8, 4) is 16.9 Å². The molecule has 0 aliphatic rings. The van der Waals surface area contributed by atoms with Gasteiger partial charge in [0.25, 0.3) is 0 Å². The van der Waals surface area contributed by atoms with Crippen LogP contribution in [-0.4, -0.2) is 24.5 Å². The van der Waals surface area contributed by atoms with Crippen LogP contribution < -0.4 is 0 Å². The normalized spacial score (nSPS) is 11.6. The van der Waals surface area contributed by atoms with Crippen molar-refractivity contribution in [2.45, 2.75) is 11.8 Å². The molecule has 0 amide bonds. The number of hydrogen-bond donors (Lipinski definition) is 0. The third kappa shape index (κ3) is 3.17. The Hall–Kier alpha value is -2.47. The Morgan fingerprint density at radius 3 is 2.17 bits per heavy atom. The first-order valence-corrected chi connectivity index (χ1v) is 8.87. The van der Waals surface area contributed by atoms with Crippen LogP contribution in [0.1, 0.15) is 5.69 Å². The molecule has 0 bridgehead atoms. The van der Waals surface area contributed by atoms with Crippen molar-refractivity contribution < 1.29 is 12.8 Å². The van der Waals surface area contributed by atoms with Gasteiger partial charge >= 0.3 is 0 Å². The Balaban J connectivity index is 2.09. The highest BCUT2D eigenvalue weighted by Gasteiger charge is 2.12. The summed E-state index contributed by atoms with van der Waals surface area (Å²) in [5.41, 5.74) is 3.20. The number of nitrogens with zero attached hydrogens (tertiary/aromatic N) is 2. The van der Waals surface area contributed by atoms with Gasteiger partial charge in [-0.2, -0.15) is 5.10 Å². The van der Waals surface area contributed by atoms with Crippen molar-refractivity contribution >= 4 is 9.84 Å². The number of hydrogen-bond acceptors (Lipinski definition) is 3. The minimum absolute atomic E-state index is 0.258. The van der Waals surface area contributed by atoms with Gasteiger partial charge in [0.05, 0.1) is 22.0 Å². The molecule has 1 aromatic heterocycles. The van der Waals surface area contributed by atoms with Gasteiger partial charge in [0.2, 0.25) is 0 Å². The van der Waals surface area contributed by atoms with E-state index in [-0.39, 0.29) is 10.7 Å². The van der Waals surface area contributed by atoms with E-state index in [0.717, 1.165) is 22.6 Å². The lowest BCUT2D eigenvalue weighted by molar-refractivity contribution is 0.602. The minimum Gasteiger partial charge on any atom is -0.233 e. The number of rotatable bonds is 3. The first kappa shape index (κ1) is 15.4. The second-order valence-electron chi connectivity index (χ2n) is 5.36. The summed E-state index contributed by atoms with van der Waals surface area (Å²) in [4.78, 5) is 0.258. The van der Waals surface area contributed by atoms with Crippen LogP contribution in [0.3, 0.4) is 0 Å². The van der Waals surface area contributed by atoms with Crippen LogP contribution in [-0.2, 0) is 9.84 Å². The van der Waals surface area contributed by atoms with Crippen molar-refractivity contribution in [1.82, 2.24) is 9.78 Å². The lowest BCUT2D eigenvalue weighted by Gasteiger charge is -2.08. The highest BCUT2D eigenvalue weighted by Crippen LogP contribution is 2.25. The number of halogens is 1. The molecule has 0 aliphatic heterocycles. The van der Waals surface area contributed by atoms with Crippen molar-refractivity contribution in [2.24, 2.45) is 0 Å². The molecule has 0 unspecified atom stereocenters. The van der Waals surface area contributed by atoms with E-state index in [4.69, 9.17) is 0 Å². The Morgan fingerprint density at radius 1 is 1.00 bits per heavy atom.